The van der Waals surface area contributed by atoms with Crippen molar-refractivity contribution < 1.29 is 23.1 Å². The number of esters is 1. The number of methoxy groups -OCH3 is 1. The van der Waals surface area contributed by atoms with Crippen LogP contribution >= 0.6 is 11.8 Å². The van der Waals surface area contributed by atoms with Crippen LogP contribution in [0.1, 0.15) is 33.5 Å². The molecule has 0 saturated heterocycles. The van der Waals surface area contributed by atoms with Crippen LogP contribution in [0, 0.1) is 18.6 Å². The molecule has 0 aliphatic heterocycles. The minimum Gasteiger partial charge on any atom is -0.467 e. The summed E-state index contributed by atoms with van der Waals surface area (Å²) in [6.45, 7) is 2.60. The van der Waals surface area contributed by atoms with E-state index in [9.17, 15) is 18.4 Å². The van der Waals surface area contributed by atoms with E-state index in [4.69, 9.17) is 4.74 Å². The van der Waals surface area contributed by atoms with Crippen LogP contribution in [0.25, 0.3) is 11.1 Å². The Kier molecular flexibility index (Phi) is 10.7. The van der Waals surface area contributed by atoms with Gasteiger partial charge in [-0.15, -0.1) is 0 Å². The number of para-hydroxylation sites is 1. The van der Waals surface area contributed by atoms with Gasteiger partial charge in [-0.25, -0.2) is 13.6 Å². The van der Waals surface area contributed by atoms with E-state index in [2.05, 4.69) is 5.32 Å². The van der Waals surface area contributed by atoms with E-state index in [1.165, 1.54) is 19.2 Å². The highest BCUT2D eigenvalue weighted by molar-refractivity contribution is 7.98. The lowest BCUT2D eigenvalue weighted by Crippen LogP contribution is -2.42. The Hall–Kier alpha value is -4.17. The number of amides is 1. The van der Waals surface area contributed by atoms with Crippen molar-refractivity contribution in [3.63, 3.8) is 0 Å². The number of halogens is 2. The molecule has 0 saturated carbocycles. The van der Waals surface area contributed by atoms with Gasteiger partial charge in [-0.3, -0.25) is 4.79 Å². The van der Waals surface area contributed by atoms with E-state index in [1.807, 2.05) is 84.8 Å². The van der Waals surface area contributed by atoms with Crippen molar-refractivity contribution in [3.05, 3.63) is 125 Å². The first kappa shape index (κ1) is 30.8. The van der Waals surface area contributed by atoms with Gasteiger partial charge in [-0.2, -0.15) is 11.8 Å². The Morgan fingerprint density at radius 1 is 0.905 bits per heavy atom. The van der Waals surface area contributed by atoms with Gasteiger partial charge in [0.1, 0.15) is 17.7 Å². The summed E-state index contributed by atoms with van der Waals surface area (Å²) in [5, 5.41) is 2.87. The number of carbonyl (C=O) groups excluding carboxylic acids is 2. The quantitative estimate of drug-likeness (QED) is 0.178. The van der Waals surface area contributed by atoms with Crippen LogP contribution in [0.4, 0.5) is 14.5 Å². The first-order valence-electron chi connectivity index (χ1n) is 13.6. The maximum absolute atomic E-state index is 14.7. The molecule has 0 radical (unpaired) electrons. The number of nitrogens with zero attached hydrogens (tertiary/aromatic N) is 1. The molecule has 0 aliphatic carbocycles. The molecule has 8 heteroatoms. The average Bonchev–Trinajstić information content (AvgIpc) is 3.00. The molecule has 4 aromatic carbocycles. The van der Waals surface area contributed by atoms with E-state index in [1.54, 1.807) is 17.8 Å². The number of benzene rings is 4. The Morgan fingerprint density at radius 2 is 1.64 bits per heavy atom. The van der Waals surface area contributed by atoms with Crippen LogP contribution in [-0.2, 0) is 22.6 Å². The molecule has 0 spiro atoms. The fourth-order valence-corrected chi connectivity index (χ4v) is 5.27. The van der Waals surface area contributed by atoms with Crippen molar-refractivity contribution in [3.8, 4) is 11.1 Å². The van der Waals surface area contributed by atoms with Crippen molar-refractivity contribution in [2.45, 2.75) is 32.5 Å². The van der Waals surface area contributed by atoms with Crippen LogP contribution < -0.4 is 10.2 Å². The molecular weight excluding hydrogens is 554 g/mol. The number of ether oxygens (including phenoxy) is 1. The van der Waals surface area contributed by atoms with Gasteiger partial charge in [0.15, 0.2) is 0 Å². The van der Waals surface area contributed by atoms with Gasteiger partial charge in [0, 0.05) is 36.0 Å². The minimum absolute atomic E-state index is 0.217. The third-order valence-corrected chi connectivity index (χ3v) is 7.68. The van der Waals surface area contributed by atoms with Crippen LogP contribution in [0.2, 0.25) is 0 Å². The van der Waals surface area contributed by atoms with Gasteiger partial charge in [0.05, 0.1) is 7.11 Å². The first-order valence-corrected chi connectivity index (χ1v) is 15.0. The molecule has 0 bridgehead atoms. The van der Waals surface area contributed by atoms with Crippen molar-refractivity contribution in [2.24, 2.45) is 0 Å². The number of hydrogen-bond acceptors (Lipinski definition) is 5. The zero-order chi connectivity index (χ0) is 30.1. The number of anilines is 1. The molecule has 0 unspecified atom stereocenters. The summed E-state index contributed by atoms with van der Waals surface area (Å²) in [4.78, 5) is 28.0. The van der Waals surface area contributed by atoms with Gasteiger partial charge >= 0.3 is 5.97 Å². The highest BCUT2D eigenvalue weighted by Crippen LogP contribution is 2.30. The second-order valence-corrected chi connectivity index (χ2v) is 10.9. The second-order valence-electron chi connectivity index (χ2n) is 9.95. The molecule has 42 heavy (non-hydrogen) atoms. The molecule has 0 aliphatic rings. The Bertz CT molecular complexity index is 1530. The summed E-state index contributed by atoms with van der Waals surface area (Å²) < 4.78 is 33.2. The molecular formula is C34H34F2N2O3S. The molecule has 1 N–H and O–H groups in total. The monoisotopic (exact) mass is 588 g/mol. The summed E-state index contributed by atoms with van der Waals surface area (Å²) in [6, 6.07) is 25.8. The lowest BCUT2D eigenvalue weighted by Gasteiger charge is -2.26. The van der Waals surface area contributed by atoms with Crippen LogP contribution in [0.3, 0.4) is 0 Å². The van der Waals surface area contributed by atoms with Gasteiger partial charge in [0.2, 0.25) is 0 Å². The smallest absolute Gasteiger partial charge is 0.328 e. The van der Waals surface area contributed by atoms with Crippen LogP contribution in [0.5, 0.6) is 0 Å². The predicted molar refractivity (Wildman–Crippen MR) is 166 cm³/mol. The zero-order valence-electron chi connectivity index (χ0n) is 23.9. The third kappa shape index (κ3) is 7.76. The highest BCUT2D eigenvalue weighted by atomic mass is 32.2. The predicted octanol–water partition coefficient (Wildman–Crippen LogP) is 7.17. The number of nitrogens with one attached hydrogen (secondary N) is 1. The topological polar surface area (TPSA) is 58.6 Å². The lowest BCUT2D eigenvalue weighted by atomic mass is 9.93. The Balaban J connectivity index is 1.72. The molecule has 218 valence electrons. The molecule has 4 aromatic rings. The zero-order valence-corrected chi connectivity index (χ0v) is 24.7. The number of carbonyl (C=O) groups is 2. The number of thioether (sulfide) groups is 1. The molecule has 1 atom stereocenters. The van der Waals surface area contributed by atoms with Crippen molar-refractivity contribution >= 4 is 29.3 Å². The molecule has 5 nitrogen and oxygen atoms in total. The van der Waals surface area contributed by atoms with E-state index < -0.39 is 23.6 Å². The van der Waals surface area contributed by atoms with E-state index in [0.29, 0.717) is 29.8 Å². The minimum atomic E-state index is -0.765. The fraction of sp³-hybridized carbons (Fsp3) is 0.235. The lowest BCUT2D eigenvalue weighted by molar-refractivity contribution is -0.142. The summed E-state index contributed by atoms with van der Waals surface area (Å²) in [7, 11) is 1.31. The standard InChI is InChI=1S/C34H34F2N2O3S/c1-23-9-7-8-12-28(23)30-19-24(13-16-29(30)33(39)37-32(17-18-42-3)34(40)41-2)21-38(27-10-5-4-6-11-27)22-25-14-15-26(35)20-31(25)36/h4-16,19-20,32H,17-18,21-22H2,1-3H3,(H,37,39)/t32-/m0/s1. The summed E-state index contributed by atoms with van der Waals surface area (Å²) >= 11 is 1.58. The molecule has 1 amide bonds. The van der Waals surface area contributed by atoms with Gasteiger partial charge in [0.25, 0.3) is 5.91 Å². The maximum Gasteiger partial charge on any atom is 0.328 e. The summed E-state index contributed by atoms with van der Waals surface area (Å²) in [6.07, 6.45) is 2.39. The Morgan fingerprint density at radius 3 is 2.33 bits per heavy atom. The summed E-state index contributed by atoms with van der Waals surface area (Å²) in [5.74, 6) is -1.40. The largest absolute Gasteiger partial charge is 0.467 e. The SMILES string of the molecule is COC(=O)[C@H](CCSC)NC(=O)c1ccc(CN(Cc2ccc(F)cc2F)c2ccccc2)cc1-c1ccccc1C. The van der Waals surface area contributed by atoms with E-state index in [-0.39, 0.29) is 12.5 Å². The summed E-state index contributed by atoms with van der Waals surface area (Å²) in [5.41, 5.74) is 5.16. The van der Waals surface area contributed by atoms with Gasteiger partial charge < -0.3 is 15.0 Å². The fourth-order valence-electron chi connectivity index (χ4n) is 4.80. The van der Waals surface area contributed by atoms with Gasteiger partial charge in [-0.05, 0) is 77.9 Å². The normalized spacial score (nSPS) is 11.5. The third-order valence-electron chi connectivity index (χ3n) is 7.04. The molecule has 0 fully saturated rings. The Labute approximate surface area is 249 Å². The van der Waals surface area contributed by atoms with Crippen LogP contribution in [0.15, 0.2) is 91.0 Å². The second kappa shape index (κ2) is 14.6. The van der Waals surface area contributed by atoms with Crippen molar-refractivity contribution in [1.29, 1.82) is 0 Å². The molecule has 0 aromatic heterocycles. The number of aryl methyl sites for hydroxylation is 1. The van der Waals surface area contributed by atoms with Gasteiger partial charge in [-0.1, -0.05) is 54.6 Å². The first-order chi connectivity index (χ1) is 20.3. The van der Waals surface area contributed by atoms with Crippen LogP contribution in [-0.4, -0.2) is 37.0 Å². The number of rotatable bonds is 12. The average molecular weight is 589 g/mol. The molecule has 4 rings (SSSR count). The maximum atomic E-state index is 14.7. The number of hydrogen-bond donors (Lipinski definition) is 1. The van der Waals surface area contributed by atoms with Crippen molar-refractivity contribution in [1.82, 2.24) is 5.32 Å². The molecule has 0 heterocycles. The highest BCUT2D eigenvalue weighted by Gasteiger charge is 2.24. The van der Waals surface area contributed by atoms with Crippen molar-refractivity contribution in [2.75, 3.05) is 24.0 Å². The van der Waals surface area contributed by atoms with E-state index >= 15 is 0 Å². The van der Waals surface area contributed by atoms with E-state index in [0.717, 1.165) is 34.0 Å².